The van der Waals surface area contributed by atoms with E-state index in [1.807, 2.05) is 64.8 Å². The van der Waals surface area contributed by atoms with Gasteiger partial charge in [0.1, 0.15) is 58.3 Å². The zero-order chi connectivity index (χ0) is 69.0. The van der Waals surface area contributed by atoms with Crippen molar-refractivity contribution in [3.63, 3.8) is 0 Å². The van der Waals surface area contributed by atoms with E-state index in [-0.39, 0.29) is 55.7 Å². The molecule has 540 valence electrons. The van der Waals surface area contributed by atoms with Gasteiger partial charge in [0.15, 0.2) is 17.2 Å². The molecule has 0 aliphatic carbocycles. The Balaban J connectivity index is 0.000000200. The number of aromatic nitrogens is 8. The smallest absolute Gasteiger partial charge is 0.358 e. The van der Waals surface area contributed by atoms with Crippen LogP contribution in [0.4, 0.5) is 11.6 Å². The van der Waals surface area contributed by atoms with E-state index in [1.165, 1.54) is 50.8 Å². The van der Waals surface area contributed by atoms with Crippen LogP contribution in [0.25, 0.3) is 22.1 Å². The highest BCUT2D eigenvalue weighted by Gasteiger charge is 2.34. The number of esters is 2. The first-order chi connectivity index (χ1) is 44.7. The number of sulfonamides is 3. The van der Waals surface area contributed by atoms with E-state index >= 15 is 0 Å². The van der Waals surface area contributed by atoms with E-state index in [0.29, 0.717) is 139 Å². The lowest BCUT2D eigenvalue weighted by Gasteiger charge is -2.27. The SMILES string of the molecule is C.C.CC(C)(C)OC(=O)CCC1CCN(S(C)(=O)=O)C1.CC(C)(C)OC(=O)CCC1CCNC1.CS(=O)(=O)N1CCC(CCC(=O)c2noc3c2CN(c2ncnc4[nH]ccc24)CC3)C1.CS(=O)(=O)N1CCC(CN)C1.O=C(O)c1noc2c1CN(c1ncnc3[nH]ccc13)CC2. The molecule has 0 aromatic carbocycles. The van der Waals surface area contributed by atoms with Gasteiger partial charge in [-0.2, -0.15) is 0 Å². The van der Waals surface area contributed by atoms with Crippen LogP contribution in [0.2, 0.25) is 0 Å². The molecule has 0 radical (unpaired) electrons. The number of Topliss-reactive ketones (excluding diaryl/α,β-unsaturated/α-hetero) is 1. The van der Waals surface area contributed by atoms with Crippen LogP contribution in [0.1, 0.15) is 164 Å². The minimum atomic E-state index is -3.17. The highest BCUT2D eigenvalue weighted by molar-refractivity contribution is 7.88. The second-order valence-corrected chi connectivity index (χ2v) is 33.0. The highest BCUT2D eigenvalue weighted by atomic mass is 32.2. The fourth-order valence-electron chi connectivity index (χ4n) is 12.2. The minimum absolute atomic E-state index is 0. The fraction of sp³-hybridized carbons (Fsp3) is 0.656. The summed E-state index contributed by atoms with van der Waals surface area (Å²) in [5.41, 5.74) is 7.97. The van der Waals surface area contributed by atoms with Gasteiger partial charge in [0, 0.05) is 108 Å². The van der Waals surface area contributed by atoms with Crippen molar-refractivity contribution >= 4 is 87.5 Å². The Morgan fingerprint density at radius 2 is 1.00 bits per heavy atom. The van der Waals surface area contributed by atoms with E-state index in [9.17, 15) is 44.4 Å². The van der Waals surface area contributed by atoms with Crippen molar-refractivity contribution < 1.29 is 68.1 Å². The summed E-state index contributed by atoms with van der Waals surface area (Å²) < 4.78 is 93.5. The molecule has 6 aliphatic rings. The molecular weight excluding hydrogens is 1310 g/mol. The molecule has 6 N–H and O–H groups in total. The molecule has 0 spiro atoms. The number of carbonyl (C=O) groups excluding carboxylic acids is 3. The predicted octanol–water partition coefficient (Wildman–Crippen LogP) is 6.57. The third kappa shape index (κ3) is 22.8. The lowest BCUT2D eigenvalue weighted by atomic mass is 9.97. The standard InChI is InChI=1S/C20H24N6O4S.C13H11N5O3.C12H23NO4S.C11H21NO2.C6H14N2O2S.2CH4/c1-31(28,29)26-9-5-13(10-26)2-3-16(27)18-15-11-25(8-6-17(15)30-24-18)20-14-4-7-21-19(14)22-12-23-20;19-13(20)10-8-5-18(4-2-9(8)21-17-10)12-7-1-3-14-11(7)15-6-16-12;1-12(2,3)17-11(14)6-5-10-7-8-13(9-10)18(4,15)16;1-11(2,3)14-10(13)5-4-9-6-7-12-8-9;1-11(9,10)8-3-2-6(4-7)5-8;;/h4,7,12-13H,2-3,5-6,8-11H2,1H3,(H,21,22,23);1,3,6H,2,4-5H2,(H,19,20)(H,14,15,16);10H,5-9H2,1-4H3;9,12H,4-8H2,1-3H3;6H,2-5,7H2,1H3;2*1H4. The van der Waals surface area contributed by atoms with Gasteiger partial charge in [0.25, 0.3) is 0 Å². The molecule has 6 aromatic rings. The molecule has 12 heterocycles. The average Bonchev–Trinajstić information content (AvgIpc) is 1.70. The molecule has 0 saturated carbocycles. The van der Waals surface area contributed by atoms with Crippen molar-refractivity contribution in [2.24, 2.45) is 29.4 Å². The number of carbonyl (C=O) groups is 4. The molecule has 97 heavy (non-hydrogen) atoms. The molecular formula is C64H101N15O15S3. The number of nitrogens with zero attached hydrogens (tertiary/aromatic N) is 11. The zero-order valence-corrected chi connectivity index (χ0v) is 58.3. The van der Waals surface area contributed by atoms with E-state index in [2.05, 4.69) is 50.4 Å². The Morgan fingerprint density at radius 1 is 0.588 bits per heavy atom. The third-order valence-electron chi connectivity index (χ3n) is 17.2. The number of nitrogens with two attached hydrogens (primary N) is 1. The number of ketones is 1. The van der Waals surface area contributed by atoms with E-state index < -0.39 is 41.6 Å². The maximum atomic E-state index is 12.9. The normalized spacial score (nSPS) is 19.9. The van der Waals surface area contributed by atoms with Crippen LogP contribution in [0, 0.1) is 23.7 Å². The number of ether oxygens (including phenoxy) is 2. The Morgan fingerprint density at radius 3 is 1.39 bits per heavy atom. The number of H-pyrrole nitrogens is 2. The number of rotatable bonds is 17. The molecule has 6 aliphatic heterocycles. The van der Waals surface area contributed by atoms with Crippen molar-refractivity contribution in [3.8, 4) is 0 Å². The van der Waals surface area contributed by atoms with Gasteiger partial charge in [-0.3, -0.25) is 14.4 Å². The van der Waals surface area contributed by atoms with Gasteiger partial charge in [-0.05, 0) is 142 Å². The summed E-state index contributed by atoms with van der Waals surface area (Å²) in [6.07, 6.45) is 18.9. The van der Waals surface area contributed by atoms with E-state index in [1.54, 1.807) is 6.20 Å². The summed E-state index contributed by atoms with van der Waals surface area (Å²) in [7, 11) is -9.22. The van der Waals surface area contributed by atoms with Crippen molar-refractivity contribution in [3.05, 3.63) is 71.2 Å². The lowest BCUT2D eigenvalue weighted by molar-refractivity contribution is -0.156. The van der Waals surface area contributed by atoms with Gasteiger partial charge >= 0.3 is 17.9 Å². The van der Waals surface area contributed by atoms with Gasteiger partial charge < -0.3 is 54.4 Å². The number of aromatic amines is 2. The minimum Gasteiger partial charge on any atom is -0.476 e. The van der Waals surface area contributed by atoms with Crippen LogP contribution in [-0.4, -0.2) is 209 Å². The second kappa shape index (κ2) is 34.2. The first-order valence-electron chi connectivity index (χ1n) is 32.2. The molecule has 0 amide bonds. The summed E-state index contributed by atoms with van der Waals surface area (Å²) in [6, 6.07) is 3.85. The summed E-state index contributed by atoms with van der Waals surface area (Å²) in [4.78, 5) is 74.5. The topological polar surface area (TPSA) is 399 Å². The lowest BCUT2D eigenvalue weighted by Crippen LogP contribution is -2.31. The number of hydrogen-bond acceptors (Lipinski definition) is 24. The highest BCUT2D eigenvalue weighted by Crippen LogP contribution is 2.33. The van der Waals surface area contributed by atoms with Crippen molar-refractivity contribution in [2.75, 3.05) is 101 Å². The predicted molar refractivity (Wildman–Crippen MR) is 368 cm³/mol. The van der Waals surface area contributed by atoms with E-state index in [4.69, 9.17) is 29.4 Å². The van der Waals surface area contributed by atoms with Crippen LogP contribution in [-0.2, 0) is 75.1 Å². The summed E-state index contributed by atoms with van der Waals surface area (Å²) >= 11 is 0. The molecule has 4 atom stereocenters. The van der Waals surface area contributed by atoms with Crippen LogP contribution in [0.15, 0.2) is 46.2 Å². The number of nitrogens with one attached hydrogen (secondary N) is 3. The third-order valence-corrected chi connectivity index (χ3v) is 21.0. The number of hydrogen-bond donors (Lipinski definition) is 5. The maximum absolute atomic E-state index is 12.9. The molecule has 4 fully saturated rings. The van der Waals surface area contributed by atoms with E-state index in [0.717, 1.165) is 90.3 Å². The number of carboxylic acid groups (broad SMARTS) is 1. The average molecular weight is 1420 g/mol. The number of fused-ring (bicyclic) bond motifs is 4. The molecule has 0 bridgehead atoms. The van der Waals surface area contributed by atoms with Crippen LogP contribution < -0.4 is 20.9 Å². The second-order valence-electron chi connectivity index (χ2n) is 27.0. The Bertz CT molecular complexity index is 3950. The molecule has 30 nitrogen and oxygen atoms in total. The van der Waals surface area contributed by atoms with Gasteiger partial charge in [-0.1, -0.05) is 25.2 Å². The van der Waals surface area contributed by atoms with Crippen LogP contribution in [0.3, 0.4) is 0 Å². The summed E-state index contributed by atoms with van der Waals surface area (Å²) in [5, 5.41) is 22.0. The summed E-state index contributed by atoms with van der Waals surface area (Å²) in [6.45, 7) is 19.7. The molecule has 6 aromatic heterocycles. The van der Waals surface area contributed by atoms with Gasteiger partial charge in [0.2, 0.25) is 30.1 Å². The quantitative estimate of drug-likeness (QED) is 0.0476. The molecule has 4 saturated heterocycles. The van der Waals surface area contributed by atoms with Crippen molar-refractivity contribution in [1.82, 2.24) is 58.4 Å². The number of carboxylic acids is 1. The fourth-order valence-corrected chi connectivity index (χ4v) is 14.9. The first-order valence-corrected chi connectivity index (χ1v) is 37.7. The Kier molecular flexibility index (Phi) is 27.8. The first kappa shape index (κ1) is 79.0. The maximum Gasteiger partial charge on any atom is 0.358 e. The van der Waals surface area contributed by atoms with Gasteiger partial charge in [0.05, 0.1) is 42.6 Å². The van der Waals surface area contributed by atoms with Crippen molar-refractivity contribution in [1.29, 1.82) is 0 Å². The molecule has 12 rings (SSSR count). The zero-order valence-electron chi connectivity index (χ0n) is 55.8. The van der Waals surface area contributed by atoms with Crippen LogP contribution in [0.5, 0.6) is 0 Å². The number of aromatic carboxylic acids is 1. The van der Waals surface area contributed by atoms with Crippen LogP contribution >= 0.6 is 0 Å². The van der Waals surface area contributed by atoms with Crippen molar-refractivity contribution in [2.45, 2.75) is 158 Å². The molecule has 4 unspecified atom stereocenters. The number of anilines is 2. The summed E-state index contributed by atoms with van der Waals surface area (Å²) in [5.74, 6) is 3.10. The van der Waals surface area contributed by atoms with Gasteiger partial charge in [-0.25, -0.2) is 62.9 Å². The monoisotopic (exact) mass is 1420 g/mol. The molecule has 33 heteroatoms. The largest absolute Gasteiger partial charge is 0.476 e. The van der Waals surface area contributed by atoms with Gasteiger partial charge in [-0.15, -0.1) is 0 Å². The Labute approximate surface area is 570 Å². The Hall–Kier alpha value is -7.01.